The van der Waals surface area contributed by atoms with Gasteiger partial charge in [-0.15, -0.1) is 0 Å². The maximum absolute atomic E-state index is 12.1. The molecule has 28 heavy (non-hydrogen) atoms. The number of pyridine rings is 1. The molecule has 144 valence electrons. The lowest BCUT2D eigenvalue weighted by Gasteiger charge is -2.13. The Kier molecular flexibility index (Phi) is 6.01. The van der Waals surface area contributed by atoms with Crippen LogP contribution in [0.5, 0.6) is 0 Å². The standard InChI is InChI=1S/C20H19N3O5/c1-14(21-20(26)28-12-15-7-3-2-4-8-15)19(25)27-13-16-11-18(24)23-10-6-5-9-17(23)22-16/h2-11,14H,12-13H2,1H3,(H,21,26)/t14-/m1/s1. The van der Waals surface area contributed by atoms with Crippen LogP contribution in [0.15, 0.2) is 65.6 Å². The molecule has 0 aliphatic heterocycles. The second-order valence-corrected chi connectivity index (χ2v) is 6.05. The first-order chi connectivity index (χ1) is 13.5. The summed E-state index contributed by atoms with van der Waals surface area (Å²) in [6, 6.07) is 14.7. The largest absolute Gasteiger partial charge is 0.458 e. The molecular weight excluding hydrogens is 362 g/mol. The molecule has 3 aromatic rings. The van der Waals surface area contributed by atoms with Crippen LogP contribution in [0.2, 0.25) is 0 Å². The smallest absolute Gasteiger partial charge is 0.408 e. The van der Waals surface area contributed by atoms with E-state index in [2.05, 4.69) is 10.3 Å². The van der Waals surface area contributed by atoms with Crippen LogP contribution in [0, 0.1) is 0 Å². The minimum absolute atomic E-state index is 0.0966. The summed E-state index contributed by atoms with van der Waals surface area (Å²) in [6.07, 6.45) is 0.878. The molecular formula is C20H19N3O5. The van der Waals surface area contributed by atoms with Crippen molar-refractivity contribution in [3.8, 4) is 0 Å². The van der Waals surface area contributed by atoms with Crippen LogP contribution < -0.4 is 10.9 Å². The fraction of sp³-hybridized carbons (Fsp3) is 0.200. The number of hydrogen-bond donors (Lipinski definition) is 1. The minimum Gasteiger partial charge on any atom is -0.458 e. The number of benzene rings is 1. The Morgan fingerprint density at radius 1 is 1.07 bits per heavy atom. The normalized spacial score (nSPS) is 11.6. The topological polar surface area (TPSA) is 99.0 Å². The lowest BCUT2D eigenvalue weighted by molar-refractivity contribution is -0.147. The van der Waals surface area contributed by atoms with Gasteiger partial charge in [0.25, 0.3) is 5.56 Å². The van der Waals surface area contributed by atoms with Crippen molar-refractivity contribution in [3.63, 3.8) is 0 Å². The highest BCUT2D eigenvalue weighted by Crippen LogP contribution is 2.03. The Hall–Kier alpha value is -3.68. The van der Waals surface area contributed by atoms with Crippen molar-refractivity contribution in [2.75, 3.05) is 0 Å². The number of nitrogens with one attached hydrogen (secondary N) is 1. The number of alkyl carbamates (subject to hydrolysis) is 1. The Labute approximate surface area is 160 Å². The summed E-state index contributed by atoms with van der Waals surface area (Å²) >= 11 is 0. The maximum Gasteiger partial charge on any atom is 0.408 e. The van der Waals surface area contributed by atoms with E-state index in [1.54, 1.807) is 24.4 Å². The van der Waals surface area contributed by atoms with Crippen LogP contribution in [0.3, 0.4) is 0 Å². The number of nitrogens with zero attached hydrogens (tertiary/aromatic N) is 2. The first-order valence-electron chi connectivity index (χ1n) is 8.64. The molecule has 8 nitrogen and oxygen atoms in total. The van der Waals surface area contributed by atoms with Gasteiger partial charge in [-0.25, -0.2) is 14.6 Å². The fourth-order valence-electron chi connectivity index (χ4n) is 2.45. The van der Waals surface area contributed by atoms with Crippen molar-refractivity contribution in [1.82, 2.24) is 14.7 Å². The Morgan fingerprint density at radius 2 is 1.82 bits per heavy atom. The third-order valence-corrected chi connectivity index (χ3v) is 3.89. The van der Waals surface area contributed by atoms with Gasteiger partial charge in [-0.05, 0) is 24.6 Å². The average Bonchev–Trinajstić information content (AvgIpc) is 2.71. The predicted octanol–water partition coefficient (Wildman–Crippen LogP) is 2.05. The third-order valence-electron chi connectivity index (χ3n) is 3.89. The number of esters is 1. The van der Waals surface area contributed by atoms with Crippen LogP contribution in [0.1, 0.15) is 18.2 Å². The van der Waals surface area contributed by atoms with E-state index < -0.39 is 18.1 Å². The lowest BCUT2D eigenvalue weighted by atomic mass is 10.2. The molecule has 8 heteroatoms. The van der Waals surface area contributed by atoms with E-state index in [1.807, 2.05) is 30.3 Å². The molecule has 0 saturated carbocycles. The summed E-state index contributed by atoms with van der Waals surface area (Å²) < 4.78 is 11.6. The molecule has 1 N–H and O–H groups in total. The lowest BCUT2D eigenvalue weighted by Crippen LogP contribution is -2.39. The number of hydrogen-bond acceptors (Lipinski definition) is 6. The van der Waals surface area contributed by atoms with Gasteiger partial charge in [0.1, 0.15) is 24.9 Å². The Bertz CT molecular complexity index is 1030. The zero-order chi connectivity index (χ0) is 19.9. The zero-order valence-corrected chi connectivity index (χ0v) is 15.2. The highest BCUT2D eigenvalue weighted by Gasteiger charge is 2.18. The minimum atomic E-state index is -0.912. The molecule has 0 bridgehead atoms. The summed E-state index contributed by atoms with van der Waals surface area (Å²) in [5.41, 5.74) is 1.34. The molecule has 3 rings (SSSR count). The zero-order valence-electron chi connectivity index (χ0n) is 15.2. The van der Waals surface area contributed by atoms with Crippen molar-refractivity contribution >= 4 is 17.7 Å². The number of aromatic nitrogens is 2. The van der Waals surface area contributed by atoms with E-state index in [1.165, 1.54) is 17.4 Å². The molecule has 2 aromatic heterocycles. The molecule has 0 aliphatic carbocycles. The van der Waals surface area contributed by atoms with E-state index in [4.69, 9.17) is 9.47 Å². The molecule has 1 amide bonds. The van der Waals surface area contributed by atoms with Gasteiger partial charge in [0.05, 0.1) is 5.69 Å². The molecule has 2 heterocycles. The summed E-state index contributed by atoms with van der Waals surface area (Å²) in [6.45, 7) is 1.40. The maximum atomic E-state index is 12.1. The monoisotopic (exact) mass is 381 g/mol. The number of amides is 1. The Balaban J connectivity index is 1.50. The van der Waals surface area contributed by atoms with E-state index in [9.17, 15) is 14.4 Å². The molecule has 0 fully saturated rings. The van der Waals surface area contributed by atoms with Crippen molar-refractivity contribution in [2.24, 2.45) is 0 Å². The molecule has 1 aromatic carbocycles. The molecule has 1 atom stereocenters. The van der Waals surface area contributed by atoms with E-state index in [-0.39, 0.29) is 18.8 Å². The van der Waals surface area contributed by atoms with Gasteiger partial charge in [0.2, 0.25) is 0 Å². The van der Waals surface area contributed by atoms with Gasteiger partial charge in [-0.3, -0.25) is 9.20 Å². The van der Waals surface area contributed by atoms with Crippen LogP contribution in [0.4, 0.5) is 4.79 Å². The van der Waals surface area contributed by atoms with Gasteiger partial charge in [-0.2, -0.15) is 0 Å². The van der Waals surface area contributed by atoms with Crippen molar-refractivity contribution in [3.05, 3.63) is 82.4 Å². The summed E-state index contributed by atoms with van der Waals surface area (Å²) in [5.74, 6) is -0.660. The van der Waals surface area contributed by atoms with Crippen molar-refractivity contribution in [2.45, 2.75) is 26.2 Å². The van der Waals surface area contributed by atoms with Crippen LogP contribution in [0.25, 0.3) is 5.65 Å². The van der Waals surface area contributed by atoms with Crippen LogP contribution in [-0.4, -0.2) is 27.5 Å². The number of fused-ring (bicyclic) bond motifs is 1. The van der Waals surface area contributed by atoms with Gasteiger partial charge >= 0.3 is 12.1 Å². The number of carbonyl (C=O) groups excluding carboxylic acids is 2. The molecule has 0 saturated heterocycles. The first kappa shape index (κ1) is 19.1. The van der Waals surface area contributed by atoms with Gasteiger partial charge in [-0.1, -0.05) is 36.4 Å². The van der Waals surface area contributed by atoms with E-state index in [0.29, 0.717) is 11.3 Å². The average molecular weight is 381 g/mol. The van der Waals surface area contributed by atoms with Gasteiger partial charge < -0.3 is 14.8 Å². The summed E-state index contributed by atoms with van der Waals surface area (Å²) in [7, 11) is 0. The predicted molar refractivity (Wildman–Crippen MR) is 100 cm³/mol. The molecule has 0 unspecified atom stereocenters. The second-order valence-electron chi connectivity index (χ2n) is 6.05. The SMILES string of the molecule is C[C@@H](NC(=O)OCc1ccccc1)C(=O)OCc1cc(=O)n2ccccc2n1. The van der Waals surface area contributed by atoms with E-state index in [0.717, 1.165) is 5.56 Å². The number of rotatable bonds is 6. The van der Waals surface area contributed by atoms with Crippen molar-refractivity contribution in [1.29, 1.82) is 0 Å². The second kappa shape index (κ2) is 8.81. The molecule has 0 spiro atoms. The molecule has 0 radical (unpaired) electrons. The van der Waals surface area contributed by atoms with Crippen molar-refractivity contribution < 1.29 is 19.1 Å². The van der Waals surface area contributed by atoms with Gasteiger partial charge in [0, 0.05) is 12.3 Å². The highest BCUT2D eigenvalue weighted by molar-refractivity contribution is 5.80. The van der Waals surface area contributed by atoms with Gasteiger partial charge in [0.15, 0.2) is 0 Å². The highest BCUT2D eigenvalue weighted by atomic mass is 16.6. The fourth-order valence-corrected chi connectivity index (χ4v) is 2.45. The summed E-state index contributed by atoms with van der Waals surface area (Å²) in [4.78, 5) is 40.2. The third kappa shape index (κ3) is 4.94. The first-order valence-corrected chi connectivity index (χ1v) is 8.64. The molecule has 0 aliphatic rings. The number of carbonyl (C=O) groups is 2. The quantitative estimate of drug-likeness (QED) is 0.656. The van der Waals surface area contributed by atoms with E-state index >= 15 is 0 Å². The van der Waals surface area contributed by atoms with Crippen LogP contribution in [-0.2, 0) is 27.5 Å². The Morgan fingerprint density at radius 3 is 2.61 bits per heavy atom. The summed E-state index contributed by atoms with van der Waals surface area (Å²) in [5, 5.41) is 2.41. The van der Waals surface area contributed by atoms with Crippen LogP contribution >= 0.6 is 0 Å². The number of ether oxygens (including phenoxy) is 2.